The summed E-state index contributed by atoms with van der Waals surface area (Å²) in [7, 11) is -3.89. The Morgan fingerprint density at radius 3 is 2.67 bits per heavy atom. The average molecular weight is 454 g/mol. The molecule has 0 spiro atoms. The molecule has 1 unspecified atom stereocenters. The quantitative estimate of drug-likeness (QED) is 0.462. The molecule has 0 radical (unpaired) electrons. The van der Waals surface area contributed by atoms with E-state index in [0.29, 0.717) is 12.4 Å². The maximum Gasteiger partial charge on any atom is 0.338 e. The number of carbonyl (C=O) groups excluding carboxylic acids is 1. The van der Waals surface area contributed by atoms with Crippen LogP contribution in [0.2, 0.25) is 5.02 Å². The van der Waals surface area contributed by atoms with E-state index < -0.39 is 16.0 Å². The lowest BCUT2D eigenvalue weighted by Gasteiger charge is -2.13. The third kappa shape index (κ3) is 6.18. The van der Waals surface area contributed by atoms with Crippen molar-refractivity contribution >= 4 is 27.6 Å². The molecule has 1 aliphatic rings. The van der Waals surface area contributed by atoms with Gasteiger partial charge in [0.25, 0.3) is 0 Å². The van der Waals surface area contributed by atoms with Crippen molar-refractivity contribution in [1.82, 2.24) is 4.72 Å². The molecule has 2 aromatic rings. The average Bonchev–Trinajstić information content (AvgIpc) is 3.25. The summed E-state index contributed by atoms with van der Waals surface area (Å²) in [5, 5.41) is 0.0223. The van der Waals surface area contributed by atoms with Crippen LogP contribution in [-0.4, -0.2) is 46.9 Å². The molecular formula is C21H24ClNO6S. The second-order valence-electron chi connectivity index (χ2n) is 6.93. The van der Waals surface area contributed by atoms with Crippen LogP contribution >= 0.6 is 11.6 Å². The highest BCUT2D eigenvalue weighted by Crippen LogP contribution is 2.23. The maximum atomic E-state index is 12.6. The summed E-state index contributed by atoms with van der Waals surface area (Å²) in [6, 6.07) is 11.5. The molecule has 2 aromatic carbocycles. The number of esters is 1. The number of halogens is 1. The van der Waals surface area contributed by atoms with Gasteiger partial charge in [0.15, 0.2) is 0 Å². The first kappa shape index (κ1) is 22.6. The summed E-state index contributed by atoms with van der Waals surface area (Å²) in [4.78, 5) is 12.1. The normalized spacial score (nSPS) is 16.4. The van der Waals surface area contributed by atoms with Crippen molar-refractivity contribution in [3.05, 3.63) is 58.6 Å². The fourth-order valence-corrected chi connectivity index (χ4v) is 4.52. The number of rotatable bonds is 9. The molecule has 0 aliphatic carbocycles. The van der Waals surface area contributed by atoms with Gasteiger partial charge < -0.3 is 14.2 Å². The summed E-state index contributed by atoms with van der Waals surface area (Å²) in [6.45, 7) is 2.96. The lowest BCUT2D eigenvalue weighted by Crippen LogP contribution is -2.32. The first-order chi connectivity index (χ1) is 14.3. The third-order valence-corrected chi connectivity index (χ3v) is 6.49. The van der Waals surface area contributed by atoms with Crippen molar-refractivity contribution < 1.29 is 27.4 Å². The molecule has 3 rings (SSSR count). The second kappa shape index (κ2) is 10.3. The highest BCUT2D eigenvalue weighted by atomic mass is 35.5. The zero-order chi connectivity index (χ0) is 21.6. The topological polar surface area (TPSA) is 90.9 Å². The Hall–Kier alpha value is -2.13. The second-order valence-corrected chi connectivity index (χ2v) is 9.07. The molecule has 1 fully saturated rings. The van der Waals surface area contributed by atoms with Crippen molar-refractivity contribution in [1.29, 1.82) is 0 Å². The van der Waals surface area contributed by atoms with E-state index in [9.17, 15) is 13.2 Å². The summed E-state index contributed by atoms with van der Waals surface area (Å²) in [6.07, 6.45) is 1.55. The van der Waals surface area contributed by atoms with E-state index >= 15 is 0 Å². The minimum atomic E-state index is -3.89. The van der Waals surface area contributed by atoms with Gasteiger partial charge in [0.2, 0.25) is 10.0 Å². The van der Waals surface area contributed by atoms with Crippen LogP contribution in [0, 0.1) is 6.92 Å². The van der Waals surface area contributed by atoms with Crippen LogP contribution in [0.5, 0.6) is 5.75 Å². The van der Waals surface area contributed by atoms with Crippen LogP contribution < -0.4 is 9.46 Å². The smallest absolute Gasteiger partial charge is 0.338 e. The summed E-state index contributed by atoms with van der Waals surface area (Å²) in [5.74, 6) is 0.0172. The molecule has 0 saturated carbocycles. The predicted octanol–water partition coefficient (Wildman–Crippen LogP) is 3.34. The lowest BCUT2D eigenvalue weighted by molar-refractivity contribution is 0.0450. The van der Waals surface area contributed by atoms with Gasteiger partial charge in [0, 0.05) is 13.2 Å². The largest absolute Gasteiger partial charge is 0.490 e. The molecule has 0 bridgehead atoms. The molecule has 30 heavy (non-hydrogen) atoms. The van der Waals surface area contributed by atoms with Gasteiger partial charge >= 0.3 is 5.97 Å². The van der Waals surface area contributed by atoms with Crippen LogP contribution in [-0.2, 0) is 19.5 Å². The van der Waals surface area contributed by atoms with Crippen LogP contribution in [0.1, 0.15) is 28.8 Å². The van der Waals surface area contributed by atoms with Gasteiger partial charge in [-0.1, -0.05) is 29.3 Å². The number of ether oxygens (including phenoxy) is 3. The van der Waals surface area contributed by atoms with E-state index in [1.165, 1.54) is 18.2 Å². The predicted molar refractivity (Wildman–Crippen MR) is 113 cm³/mol. The number of aryl methyl sites for hydroxylation is 1. The zero-order valence-corrected chi connectivity index (χ0v) is 18.2. The minimum Gasteiger partial charge on any atom is -0.490 e. The Bertz CT molecular complexity index is 971. The molecule has 9 heteroatoms. The number of carbonyl (C=O) groups is 1. The van der Waals surface area contributed by atoms with Crippen molar-refractivity contribution in [2.75, 3.05) is 26.4 Å². The molecule has 0 amide bonds. The Morgan fingerprint density at radius 1 is 1.20 bits per heavy atom. The maximum absolute atomic E-state index is 12.6. The van der Waals surface area contributed by atoms with Crippen molar-refractivity contribution in [3.8, 4) is 5.75 Å². The van der Waals surface area contributed by atoms with Gasteiger partial charge in [-0.2, -0.15) is 0 Å². The van der Waals surface area contributed by atoms with Gasteiger partial charge in [-0.25, -0.2) is 17.9 Å². The summed E-state index contributed by atoms with van der Waals surface area (Å²) >= 11 is 6.06. The molecule has 0 aromatic heterocycles. The van der Waals surface area contributed by atoms with E-state index in [1.54, 1.807) is 0 Å². The third-order valence-electron chi connectivity index (χ3n) is 4.59. The number of hydrogen-bond acceptors (Lipinski definition) is 6. The van der Waals surface area contributed by atoms with Crippen LogP contribution in [0.25, 0.3) is 0 Å². The molecule has 1 heterocycles. The zero-order valence-electron chi connectivity index (χ0n) is 16.6. The van der Waals surface area contributed by atoms with E-state index in [1.807, 2.05) is 31.2 Å². The summed E-state index contributed by atoms with van der Waals surface area (Å²) in [5.41, 5.74) is 1.21. The number of sulfonamides is 1. The van der Waals surface area contributed by atoms with E-state index in [0.717, 1.165) is 18.4 Å². The summed E-state index contributed by atoms with van der Waals surface area (Å²) < 4.78 is 43.8. The Balaban J connectivity index is 1.56. The number of hydrogen-bond donors (Lipinski definition) is 1. The van der Waals surface area contributed by atoms with E-state index in [2.05, 4.69) is 4.72 Å². The van der Waals surface area contributed by atoms with Gasteiger partial charge in [0.1, 0.15) is 23.9 Å². The van der Waals surface area contributed by atoms with Crippen molar-refractivity contribution in [2.45, 2.75) is 30.8 Å². The highest BCUT2D eigenvalue weighted by Gasteiger charge is 2.23. The van der Waals surface area contributed by atoms with Crippen LogP contribution in [0.15, 0.2) is 47.4 Å². The molecule has 1 aliphatic heterocycles. The Labute approximate surface area is 181 Å². The monoisotopic (exact) mass is 453 g/mol. The lowest BCUT2D eigenvalue weighted by atomic mass is 10.2. The molecule has 1 atom stereocenters. The Kier molecular flexibility index (Phi) is 7.71. The van der Waals surface area contributed by atoms with Gasteiger partial charge in [-0.3, -0.25) is 0 Å². The number of benzene rings is 2. The molecular weight excluding hydrogens is 430 g/mol. The Morgan fingerprint density at radius 2 is 1.97 bits per heavy atom. The van der Waals surface area contributed by atoms with Crippen molar-refractivity contribution in [2.24, 2.45) is 0 Å². The minimum absolute atomic E-state index is 0.0223. The molecule has 1 N–H and O–H groups in total. The van der Waals surface area contributed by atoms with Gasteiger partial charge in [0.05, 0.1) is 16.7 Å². The van der Waals surface area contributed by atoms with Crippen LogP contribution in [0.3, 0.4) is 0 Å². The SMILES string of the molecule is Cc1ccc(OCCOC(=O)c2ccc(Cl)c(S(=O)(=O)NCC3CCCO3)c2)cc1. The van der Waals surface area contributed by atoms with Crippen LogP contribution in [0.4, 0.5) is 0 Å². The van der Waals surface area contributed by atoms with Crippen molar-refractivity contribution in [3.63, 3.8) is 0 Å². The van der Waals surface area contributed by atoms with E-state index in [-0.39, 0.29) is 41.3 Å². The molecule has 1 saturated heterocycles. The van der Waals surface area contributed by atoms with Gasteiger partial charge in [-0.05, 0) is 50.1 Å². The molecule has 7 nitrogen and oxygen atoms in total. The van der Waals surface area contributed by atoms with Gasteiger partial charge in [-0.15, -0.1) is 0 Å². The highest BCUT2D eigenvalue weighted by molar-refractivity contribution is 7.89. The standard InChI is InChI=1S/C21H24ClNO6S/c1-15-4-7-17(8-5-15)28-11-12-29-21(24)16-6-9-19(22)20(13-16)30(25,26)23-14-18-3-2-10-27-18/h4-9,13,18,23H,2-3,10-12,14H2,1H3. The van der Waals surface area contributed by atoms with E-state index in [4.69, 9.17) is 25.8 Å². The number of nitrogens with one attached hydrogen (secondary N) is 1. The molecule has 162 valence electrons. The fraction of sp³-hybridized carbons (Fsp3) is 0.381. The fourth-order valence-electron chi connectivity index (χ4n) is 2.93. The first-order valence-electron chi connectivity index (χ1n) is 9.62. The first-order valence-corrected chi connectivity index (χ1v) is 11.5.